The molecule has 256 valence electrons. The molecule has 0 bridgehead atoms. The topological polar surface area (TPSA) is 104 Å². The standard InChI is InChI=1S/C36H38ClF2NO8/c1-35(2,3)48-34(43)40-15-14-27(40)36(21-9-5-4-6-10-21)20-23-26(47-36)19-24(38)31(37)29(23)30-22(33(41)42)12-13-25(32(30)39)44-17-18-46-28-11-7-8-16-45-28/h4-6,9-10,12-13,19,27-28H,7-8,11,14-18,20H2,1-3H3,(H,41,42)/t27?,28?,36-/m0/s1. The second-order valence-corrected chi connectivity index (χ2v) is 13.5. The maximum absolute atomic E-state index is 16.5. The van der Waals surface area contributed by atoms with Gasteiger partial charge in [-0.3, -0.25) is 0 Å². The summed E-state index contributed by atoms with van der Waals surface area (Å²) in [6.07, 6.45) is 2.38. The Balaban J connectivity index is 1.39. The molecule has 2 saturated heterocycles. The van der Waals surface area contributed by atoms with Crippen LogP contribution < -0.4 is 9.47 Å². The normalized spacial score (nSPS) is 22.0. The molecule has 3 aliphatic heterocycles. The number of halogens is 3. The maximum Gasteiger partial charge on any atom is 0.410 e. The smallest absolute Gasteiger partial charge is 0.410 e. The number of hydrogen-bond donors (Lipinski definition) is 1. The highest BCUT2D eigenvalue weighted by atomic mass is 35.5. The number of rotatable bonds is 9. The minimum atomic E-state index is -1.44. The van der Waals surface area contributed by atoms with Crippen molar-refractivity contribution < 1.29 is 47.2 Å². The van der Waals surface area contributed by atoms with Gasteiger partial charge in [-0.05, 0) is 64.2 Å². The Morgan fingerprint density at radius 1 is 1.06 bits per heavy atom. The van der Waals surface area contributed by atoms with E-state index in [-0.39, 0.29) is 43.0 Å². The molecule has 0 radical (unpaired) electrons. The summed E-state index contributed by atoms with van der Waals surface area (Å²) in [6, 6.07) is 12.1. The quantitative estimate of drug-likeness (QED) is 0.228. The molecule has 0 saturated carbocycles. The van der Waals surface area contributed by atoms with E-state index in [1.807, 2.05) is 30.3 Å². The minimum Gasteiger partial charge on any atom is -0.488 e. The van der Waals surface area contributed by atoms with Crippen molar-refractivity contribution in [3.63, 3.8) is 0 Å². The fourth-order valence-corrected chi connectivity index (χ4v) is 6.86. The van der Waals surface area contributed by atoms with Crippen LogP contribution in [0.2, 0.25) is 5.02 Å². The number of carbonyl (C=O) groups excluding carboxylic acids is 1. The first-order valence-corrected chi connectivity index (χ1v) is 16.4. The predicted molar refractivity (Wildman–Crippen MR) is 173 cm³/mol. The molecule has 2 unspecified atom stereocenters. The molecule has 9 nitrogen and oxygen atoms in total. The fourth-order valence-electron chi connectivity index (χ4n) is 6.60. The van der Waals surface area contributed by atoms with Crippen molar-refractivity contribution in [2.75, 3.05) is 26.4 Å². The van der Waals surface area contributed by atoms with E-state index in [4.69, 9.17) is 35.3 Å². The summed E-state index contributed by atoms with van der Waals surface area (Å²) < 4.78 is 61.3. The first-order valence-electron chi connectivity index (χ1n) is 16.1. The third kappa shape index (κ3) is 6.55. The molecule has 0 spiro atoms. The van der Waals surface area contributed by atoms with E-state index in [1.54, 1.807) is 25.7 Å². The summed E-state index contributed by atoms with van der Waals surface area (Å²) in [5.74, 6) is -3.56. The van der Waals surface area contributed by atoms with E-state index in [2.05, 4.69) is 0 Å². The van der Waals surface area contributed by atoms with Crippen LogP contribution in [-0.2, 0) is 26.2 Å². The Hall–Kier alpha value is -3.93. The average Bonchev–Trinajstić information content (AvgIpc) is 3.39. The van der Waals surface area contributed by atoms with Crippen LogP contribution >= 0.6 is 11.6 Å². The Morgan fingerprint density at radius 3 is 2.48 bits per heavy atom. The van der Waals surface area contributed by atoms with E-state index in [0.29, 0.717) is 30.7 Å². The van der Waals surface area contributed by atoms with Gasteiger partial charge >= 0.3 is 12.1 Å². The molecule has 6 rings (SSSR count). The van der Waals surface area contributed by atoms with Crippen molar-refractivity contribution in [1.82, 2.24) is 4.90 Å². The Bertz CT molecular complexity index is 1690. The summed E-state index contributed by atoms with van der Waals surface area (Å²) >= 11 is 6.59. The van der Waals surface area contributed by atoms with E-state index < -0.39 is 57.1 Å². The zero-order chi connectivity index (χ0) is 34.2. The molecule has 3 aromatic rings. The summed E-state index contributed by atoms with van der Waals surface area (Å²) in [7, 11) is 0. The SMILES string of the molecule is CC(C)(C)OC(=O)N1CCC1[C@@]1(c2ccccc2)Cc2c(cc(F)c(Cl)c2-c2c(C(=O)O)ccc(OCCOC3CCCCO3)c2F)O1. The van der Waals surface area contributed by atoms with Crippen molar-refractivity contribution in [2.45, 2.75) is 76.4 Å². The summed E-state index contributed by atoms with van der Waals surface area (Å²) in [4.78, 5) is 27.3. The molecule has 0 aromatic heterocycles. The molecule has 1 N–H and O–H groups in total. The number of fused-ring (bicyclic) bond motifs is 1. The number of carbonyl (C=O) groups is 2. The van der Waals surface area contributed by atoms with Gasteiger partial charge in [-0.1, -0.05) is 41.9 Å². The van der Waals surface area contributed by atoms with Gasteiger partial charge in [0.15, 0.2) is 23.5 Å². The monoisotopic (exact) mass is 685 g/mol. The first-order chi connectivity index (χ1) is 22.9. The highest BCUT2D eigenvalue weighted by Gasteiger charge is 2.56. The highest BCUT2D eigenvalue weighted by molar-refractivity contribution is 6.34. The van der Waals surface area contributed by atoms with Crippen molar-refractivity contribution in [3.05, 3.63) is 81.9 Å². The van der Waals surface area contributed by atoms with Gasteiger partial charge < -0.3 is 33.7 Å². The molecule has 3 aliphatic rings. The molecule has 0 aliphatic carbocycles. The lowest BCUT2D eigenvalue weighted by atomic mass is 9.76. The second-order valence-electron chi connectivity index (χ2n) is 13.2. The largest absolute Gasteiger partial charge is 0.488 e. The predicted octanol–water partition coefficient (Wildman–Crippen LogP) is 7.75. The molecule has 3 aromatic carbocycles. The van der Waals surface area contributed by atoms with Crippen LogP contribution in [0.5, 0.6) is 11.5 Å². The van der Waals surface area contributed by atoms with Crippen molar-refractivity contribution in [1.29, 1.82) is 0 Å². The van der Waals surface area contributed by atoms with Gasteiger partial charge in [0, 0.05) is 42.3 Å². The van der Waals surface area contributed by atoms with E-state index in [9.17, 15) is 14.7 Å². The minimum absolute atomic E-state index is 0.0322. The number of carboxylic acid groups (broad SMARTS) is 1. The van der Waals surface area contributed by atoms with Gasteiger partial charge in [-0.25, -0.2) is 18.4 Å². The Morgan fingerprint density at radius 2 is 1.83 bits per heavy atom. The van der Waals surface area contributed by atoms with Crippen molar-refractivity contribution in [2.24, 2.45) is 0 Å². The fraction of sp³-hybridized carbons (Fsp3) is 0.444. The van der Waals surface area contributed by atoms with Crippen LogP contribution in [0.25, 0.3) is 11.1 Å². The van der Waals surface area contributed by atoms with Crippen LogP contribution in [0.3, 0.4) is 0 Å². The molecule has 2 fully saturated rings. The third-order valence-electron chi connectivity index (χ3n) is 8.84. The lowest BCUT2D eigenvalue weighted by Gasteiger charge is -2.50. The van der Waals surface area contributed by atoms with Crippen molar-refractivity contribution in [3.8, 4) is 22.6 Å². The van der Waals surface area contributed by atoms with Gasteiger partial charge in [0.05, 0.1) is 23.2 Å². The zero-order valence-electron chi connectivity index (χ0n) is 27.0. The van der Waals surface area contributed by atoms with Crippen LogP contribution in [0.15, 0.2) is 48.5 Å². The number of hydrogen-bond acceptors (Lipinski definition) is 7. The summed E-state index contributed by atoms with van der Waals surface area (Å²) in [5.41, 5.74) is -2.00. The van der Waals surface area contributed by atoms with E-state index in [0.717, 1.165) is 25.3 Å². The molecule has 12 heteroatoms. The number of nitrogens with zero attached hydrogens (tertiary/aromatic N) is 1. The maximum atomic E-state index is 16.5. The number of likely N-dealkylation sites (tertiary alicyclic amines) is 1. The van der Waals surface area contributed by atoms with Gasteiger partial charge in [0.25, 0.3) is 0 Å². The number of amides is 1. The zero-order valence-corrected chi connectivity index (χ0v) is 27.8. The lowest BCUT2D eigenvalue weighted by molar-refractivity contribution is -0.165. The third-order valence-corrected chi connectivity index (χ3v) is 9.21. The van der Waals surface area contributed by atoms with Crippen LogP contribution in [0, 0.1) is 11.6 Å². The number of carboxylic acids is 1. The molecular formula is C36H38ClF2NO8. The molecule has 1 amide bonds. The summed E-state index contributed by atoms with van der Waals surface area (Å²) in [5, 5.41) is 9.68. The Kier molecular flexibility index (Phi) is 9.57. The number of aromatic carboxylic acids is 1. The number of benzene rings is 3. The first kappa shape index (κ1) is 34.0. The summed E-state index contributed by atoms with van der Waals surface area (Å²) in [6.45, 7) is 6.40. The van der Waals surface area contributed by atoms with Gasteiger partial charge in [0.2, 0.25) is 0 Å². The molecule has 3 atom stereocenters. The van der Waals surface area contributed by atoms with Gasteiger partial charge in [-0.2, -0.15) is 0 Å². The number of ether oxygens (including phenoxy) is 5. The van der Waals surface area contributed by atoms with Gasteiger partial charge in [-0.15, -0.1) is 0 Å². The second kappa shape index (κ2) is 13.5. The van der Waals surface area contributed by atoms with E-state index in [1.165, 1.54) is 12.1 Å². The van der Waals surface area contributed by atoms with Crippen molar-refractivity contribution >= 4 is 23.7 Å². The molecular weight excluding hydrogens is 648 g/mol. The van der Waals surface area contributed by atoms with Crippen LogP contribution in [-0.4, -0.2) is 66.4 Å². The van der Waals surface area contributed by atoms with Crippen LogP contribution in [0.4, 0.5) is 13.6 Å². The molecule has 3 heterocycles. The lowest BCUT2D eigenvalue weighted by Crippen LogP contribution is -2.63. The molecule has 48 heavy (non-hydrogen) atoms. The van der Waals surface area contributed by atoms with Crippen LogP contribution in [0.1, 0.15) is 67.9 Å². The highest BCUT2D eigenvalue weighted by Crippen LogP contribution is 2.54. The van der Waals surface area contributed by atoms with E-state index >= 15 is 8.78 Å². The Labute approximate surface area is 282 Å². The van der Waals surface area contributed by atoms with Gasteiger partial charge in [0.1, 0.15) is 23.8 Å². The average molecular weight is 686 g/mol.